The van der Waals surface area contributed by atoms with E-state index in [0.717, 1.165) is 18.4 Å². The molecule has 0 aliphatic heterocycles. The van der Waals surface area contributed by atoms with Crippen molar-refractivity contribution in [2.45, 2.75) is 38.6 Å². The van der Waals surface area contributed by atoms with Crippen LogP contribution in [0.4, 0.5) is 0 Å². The van der Waals surface area contributed by atoms with Gasteiger partial charge in [-0.2, -0.15) is 0 Å². The van der Waals surface area contributed by atoms with Gasteiger partial charge in [-0.1, -0.05) is 30.3 Å². The summed E-state index contributed by atoms with van der Waals surface area (Å²) in [5.41, 5.74) is 0.897. The van der Waals surface area contributed by atoms with Gasteiger partial charge in [0, 0.05) is 22.6 Å². The number of carboxylic acid groups (broad SMARTS) is 1. The van der Waals surface area contributed by atoms with Gasteiger partial charge in [0.25, 0.3) is 0 Å². The lowest BCUT2D eigenvalue weighted by Crippen LogP contribution is -2.42. The van der Waals surface area contributed by atoms with Gasteiger partial charge in [-0.3, -0.25) is 4.79 Å². The highest BCUT2D eigenvalue weighted by Crippen LogP contribution is 2.17. The van der Waals surface area contributed by atoms with E-state index in [2.05, 4.69) is 24.4 Å². The maximum absolute atomic E-state index is 12.0. The smallest absolute Gasteiger partial charge is 0.326 e. The Morgan fingerprint density at radius 1 is 1.17 bits per heavy atom. The summed E-state index contributed by atoms with van der Waals surface area (Å²) in [7, 11) is 0. The molecule has 23 heavy (non-hydrogen) atoms. The van der Waals surface area contributed by atoms with Gasteiger partial charge in [0.15, 0.2) is 0 Å². The zero-order chi connectivity index (χ0) is 16.7. The molecule has 4 nitrogen and oxygen atoms in total. The zero-order valence-electron chi connectivity index (χ0n) is 13.1. The molecule has 0 spiro atoms. The summed E-state index contributed by atoms with van der Waals surface area (Å²) in [6.07, 6.45) is 2.22. The standard InChI is InChI=1S/C18H21NO3S/c1-13-10-11-15(23-13)8-5-9-17(20)19-16(18(21)22)12-14-6-3-2-4-7-14/h2-4,6-7,10-11,16H,5,8-9,12H2,1H3,(H,19,20)(H,21,22). The van der Waals surface area contributed by atoms with Gasteiger partial charge in [-0.25, -0.2) is 4.79 Å². The minimum absolute atomic E-state index is 0.207. The van der Waals surface area contributed by atoms with Crippen molar-refractivity contribution in [3.8, 4) is 0 Å². The SMILES string of the molecule is Cc1ccc(CCCC(=O)NC(Cc2ccccc2)C(=O)O)s1. The quantitative estimate of drug-likeness (QED) is 0.781. The van der Waals surface area contributed by atoms with Crippen molar-refractivity contribution < 1.29 is 14.7 Å². The van der Waals surface area contributed by atoms with Crippen molar-refractivity contribution in [2.24, 2.45) is 0 Å². The molecular formula is C18H21NO3S. The topological polar surface area (TPSA) is 66.4 Å². The van der Waals surface area contributed by atoms with Crippen LogP contribution in [0.3, 0.4) is 0 Å². The molecule has 2 aromatic rings. The van der Waals surface area contributed by atoms with Crippen molar-refractivity contribution in [1.29, 1.82) is 0 Å². The van der Waals surface area contributed by atoms with Gasteiger partial charge in [0.1, 0.15) is 6.04 Å². The third-order valence-electron chi connectivity index (χ3n) is 3.54. The van der Waals surface area contributed by atoms with Crippen LogP contribution < -0.4 is 5.32 Å². The van der Waals surface area contributed by atoms with Crippen molar-refractivity contribution in [3.63, 3.8) is 0 Å². The number of carbonyl (C=O) groups excluding carboxylic acids is 1. The Morgan fingerprint density at radius 3 is 2.52 bits per heavy atom. The zero-order valence-corrected chi connectivity index (χ0v) is 13.9. The molecule has 122 valence electrons. The van der Waals surface area contributed by atoms with Crippen LogP contribution in [0.2, 0.25) is 0 Å². The number of carbonyl (C=O) groups is 2. The number of nitrogens with one attached hydrogen (secondary N) is 1. The van der Waals surface area contributed by atoms with E-state index in [0.29, 0.717) is 12.8 Å². The lowest BCUT2D eigenvalue weighted by molar-refractivity contribution is -0.141. The normalized spacial score (nSPS) is 11.9. The van der Waals surface area contributed by atoms with Gasteiger partial charge >= 0.3 is 5.97 Å². The fourth-order valence-corrected chi connectivity index (χ4v) is 3.29. The summed E-state index contributed by atoms with van der Waals surface area (Å²) in [5, 5.41) is 11.9. The number of aryl methyl sites for hydroxylation is 2. The second-order valence-electron chi connectivity index (χ2n) is 5.51. The van der Waals surface area contributed by atoms with Gasteiger partial charge < -0.3 is 10.4 Å². The number of carboxylic acids is 1. The van der Waals surface area contributed by atoms with Crippen molar-refractivity contribution in [1.82, 2.24) is 5.32 Å². The van der Waals surface area contributed by atoms with Crippen LogP contribution in [0.1, 0.15) is 28.2 Å². The van der Waals surface area contributed by atoms with Crippen LogP contribution in [0.5, 0.6) is 0 Å². The van der Waals surface area contributed by atoms with E-state index in [1.165, 1.54) is 9.75 Å². The van der Waals surface area contributed by atoms with Crippen LogP contribution in [-0.4, -0.2) is 23.0 Å². The molecule has 1 aromatic heterocycles. The van der Waals surface area contributed by atoms with Crippen LogP contribution in [0.15, 0.2) is 42.5 Å². The summed E-state index contributed by atoms with van der Waals surface area (Å²) in [6, 6.07) is 12.6. The number of hydrogen-bond donors (Lipinski definition) is 2. The first-order valence-corrected chi connectivity index (χ1v) is 8.47. The maximum Gasteiger partial charge on any atom is 0.326 e. The molecular weight excluding hydrogens is 310 g/mol. The Morgan fingerprint density at radius 2 is 1.91 bits per heavy atom. The first kappa shape index (κ1) is 17.2. The van der Waals surface area contributed by atoms with Crippen LogP contribution in [-0.2, 0) is 22.4 Å². The number of thiophene rings is 1. The van der Waals surface area contributed by atoms with Gasteiger partial charge in [-0.05, 0) is 37.5 Å². The molecule has 1 unspecified atom stereocenters. The van der Waals surface area contributed by atoms with E-state index in [-0.39, 0.29) is 5.91 Å². The molecule has 1 amide bonds. The molecule has 1 aromatic carbocycles. The molecule has 0 saturated heterocycles. The molecule has 0 radical (unpaired) electrons. The van der Waals surface area contributed by atoms with Crippen LogP contribution in [0, 0.1) is 6.92 Å². The van der Waals surface area contributed by atoms with Crippen LogP contribution in [0.25, 0.3) is 0 Å². The molecule has 0 aliphatic carbocycles. The average molecular weight is 331 g/mol. The second kappa shape index (κ2) is 8.48. The van der Waals surface area contributed by atoms with Gasteiger partial charge in [0.2, 0.25) is 5.91 Å². The summed E-state index contributed by atoms with van der Waals surface area (Å²) in [4.78, 5) is 25.8. The third kappa shape index (κ3) is 5.87. The monoisotopic (exact) mass is 331 g/mol. The first-order valence-electron chi connectivity index (χ1n) is 7.66. The Balaban J connectivity index is 1.79. The van der Waals surface area contributed by atoms with E-state index in [1.54, 1.807) is 11.3 Å². The molecule has 1 heterocycles. The van der Waals surface area contributed by atoms with E-state index in [4.69, 9.17) is 0 Å². The molecule has 2 N–H and O–H groups in total. The van der Waals surface area contributed by atoms with Gasteiger partial charge in [0.05, 0.1) is 0 Å². The maximum atomic E-state index is 12.0. The van der Waals surface area contributed by atoms with Crippen LogP contribution >= 0.6 is 11.3 Å². The van der Waals surface area contributed by atoms with Crippen molar-refractivity contribution in [2.75, 3.05) is 0 Å². The lowest BCUT2D eigenvalue weighted by atomic mass is 10.1. The predicted molar refractivity (Wildman–Crippen MR) is 91.7 cm³/mol. The molecule has 0 bridgehead atoms. The van der Waals surface area contributed by atoms with E-state index in [9.17, 15) is 14.7 Å². The fourth-order valence-electron chi connectivity index (χ4n) is 2.36. The summed E-state index contributed by atoms with van der Waals surface area (Å²) < 4.78 is 0. The fraction of sp³-hybridized carbons (Fsp3) is 0.333. The second-order valence-corrected chi connectivity index (χ2v) is 6.89. The van der Waals surface area contributed by atoms with Gasteiger partial charge in [-0.15, -0.1) is 11.3 Å². The van der Waals surface area contributed by atoms with Crippen molar-refractivity contribution >= 4 is 23.2 Å². The Labute approximate surface area is 140 Å². The highest BCUT2D eigenvalue weighted by Gasteiger charge is 2.20. The summed E-state index contributed by atoms with van der Waals surface area (Å²) >= 11 is 1.73. The first-order chi connectivity index (χ1) is 11.0. The highest BCUT2D eigenvalue weighted by molar-refractivity contribution is 7.11. The number of amides is 1. The number of hydrogen-bond acceptors (Lipinski definition) is 3. The number of aliphatic carboxylic acids is 1. The molecule has 0 fully saturated rings. The summed E-state index contributed by atoms with van der Waals surface area (Å²) in [5.74, 6) is -1.21. The molecule has 5 heteroatoms. The Bertz CT molecular complexity index is 651. The minimum atomic E-state index is -1.00. The Hall–Kier alpha value is -2.14. The van der Waals surface area contributed by atoms with E-state index in [1.807, 2.05) is 30.3 Å². The molecule has 0 saturated carbocycles. The number of benzene rings is 1. The highest BCUT2D eigenvalue weighted by atomic mass is 32.1. The minimum Gasteiger partial charge on any atom is -0.480 e. The van der Waals surface area contributed by atoms with E-state index >= 15 is 0 Å². The Kier molecular flexibility index (Phi) is 6.35. The number of rotatable bonds is 8. The predicted octanol–water partition coefficient (Wildman–Crippen LogP) is 3.19. The summed E-state index contributed by atoms with van der Waals surface area (Å²) in [6.45, 7) is 2.06. The lowest BCUT2D eigenvalue weighted by Gasteiger charge is -2.14. The molecule has 2 rings (SSSR count). The molecule has 1 atom stereocenters. The average Bonchev–Trinajstić information content (AvgIpc) is 2.93. The van der Waals surface area contributed by atoms with Crippen molar-refractivity contribution in [3.05, 3.63) is 57.8 Å². The largest absolute Gasteiger partial charge is 0.480 e. The molecule has 0 aliphatic rings. The van der Waals surface area contributed by atoms with E-state index < -0.39 is 12.0 Å². The third-order valence-corrected chi connectivity index (χ3v) is 4.60.